The summed E-state index contributed by atoms with van der Waals surface area (Å²) < 4.78 is 0. The van der Waals surface area contributed by atoms with Crippen molar-refractivity contribution in [2.45, 2.75) is 32.2 Å². The molecule has 0 bridgehead atoms. The number of hydrazone groups is 1. The third-order valence-electron chi connectivity index (χ3n) is 5.76. The van der Waals surface area contributed by atoms with Crippen molar-refractivity contribution in [2.24, 2.45) is 5.10 Å². The average Bonchev–Trinajstić information content (AvgIpc) is 3.23. The first-order chi connectivity index (χ1) is 16.3. The molecule has 0 spiro atoms. The molecule has 1 aliphatic rings. The Bertz CT molecular complexity index is 1280. The molecule has 33 heavy (non-hydrogen) atoms. The van der Waals surface area contributed by atoms with Crippen molar-refractivity contribution in [3.8, 4) is 11.4 Å². The van der Waals surface area contributed by atoms with Crippen LogP contribution in [0.5, 0.6) is 0 Å². The Morgan fingerprint density at radius 2 is 1.67 bits per heavy atom. The van der Waals surface area contributed by atoms with E-state index < -0.39 is 0 Å². The Balaban J connectivity index is 1.24. The van der Waals surface area contributed by atoms with Gasteiger partial charge in [0.1, 0.15) is 0 Å². The second-order valence-electron chi connectivity index (χ2n) is 8.07. The first-order valence-corrected chi connectivity index (χ1v) is 11.1. The van der Waals surface area contributed by atoms with Gasteiger partial charge in [-0.15, -0.1) is 10.2 Å². The van der Waals surface area contributed by atoms with Gasteiger partial charge in [-0.2, -0.15) is 9.90 Å². The molecule has 0 aliphatic heterocycles. The van der Waals surface area contributed by atoms with Crippen LogP contribution in [0.1, 0.15) is 46.3 Å². The van der Waals surface area contributed by atoms with E-state index in [9.17, 15) is 4.79 Å². The molecule has 0 unspecified atom stereocenters. The second kappa shape index (κ2) is 9.56. The van der Waals surface area contributed by atoms with E-state index in [0.29, 0.717) is 17.9 Å². The zero-order chi connectivity index (χ0) is 22.5. The van der Waals surface area contributed by atoms with Crippen molar-refractivity contribution in [1.29, 1.82) is 0 Å². The maximum atomic E-state index is 12.7. The fraction of sp³-hybridized carbons (Fsp3) is 0.192. The summed E-state index contributed by atoms with van der Waals surface area (Å²) in [6.07, 6.45) is 4.13. The molecule has 0 atom stereocenters. The molecule has 4 aromatic rings. The standard InChI is InChI=1S/C26H24N6O/c33-26(29-27-24-13-7-5-9-20-8-4-6-12-23(20)24)22-16-14-19(15-17-22)18-32-30-25(28-31-32)21-10-2-1-3-11-21/h1-4,6,8,10-12,14-17H,5,7,9,13,18H2,(H,29,33)/b27-24-. The minimum Gasteiger partial charge on any atom is -0.267 e. The molecule has 1 heterocycles. The Labute approximate surface area is 192 Å². The molecule has 3 aromatic carbocycles. The summed E-state index contributed by atoms with van der Waals surface area (Å²) in [4.78, 5) is 14.2. The predicted molar refractivity (Wildman–Crippen MR) is 127 cm³/mol. The zero-order valence-corrected chi connectivity index (χ0v) is 18.2. The van der Waals surface area contributed by atoms with Gasteiger partial charge in [0.05, 0.1) is 12.3 Å². The van der Waals surface area contributed by atoms with Crippen LogP contribution < -0.4 is 5.43 Å². The van der Waals surface area contributed by atoms with Crippen molar-refractivity contribution < 1.29 is 4.79 Å². The summed E-state index contributed by atoms with van der Waals surface area (Å²) in [6.45, 7) is 0.473. The van der Waals surface area contributed by atoms with E-state index in [1.807, 2.05) is 48.5 Å². The second-order valence-corrected chi connectivity index (χ2v) is 8.07. The minimum absolute atomic E-state index is 0.221. The lowest BCUT2D eigenvalue weighted by Gasteiger charge is -2.08. The summed E-state index contributed by atoms with van der Waals surface area (Å²) in [6, 6.07) is 25.4. The highest BCUT2D eigenvalue weighted by Gasteiger charge is 2.14. The maximum Gasteiger partial charge on any atom is 0.271 e. The number of rotatable bonds is 5. The topological polar surface area (TPSA) is 85.1 Å². The molecule has 0 radical (unpaired) electrons. The lowest BCUT2D eigenvalue weighted by Crippen LogP contribution is -2.20. The van der Waals surface area contributed by atoms with Gasteiger partial charge in [-0.25, -0.2) is 5.43 Å². The molecule has 1 aliphatic carbocycles. The van der Waals surface area contributed by atoms with E-state index in [4.69, 9.17) is 0 Å². The molecule has 0 saturated carbocycles. The Morgan fingerprint density at radius 1 is 0.909 bits per heavy atom. The SMILES string of the molecule is O=C(N/N=C1/CCCCc2ccccc21)c1ccc(Cn2nnc(-c3ccccc3)n2)cc1. The van der Waals surface area contributed by atoms with Crippen LogP contribution in [0, 0.1) is 0 Å². The van der Waals surface area contributed by atoms with Crippen molar-refractivity contribution >= 4 is 11.6 Å². The Hall–Kier alpha value is -4.13. The number of fused-ring (bicyclic) bond motifs is 1. The molecule has 7 heteroatoms. The number of aromatic nitrogens is 4. The van der Waals surface area contributed by atoms with Crippen molar-refractivity contribution in [3.63, 3.8) is 0 Å². The summed E-state index contributed by atoms with van der Waals surface area (Å²) in [5.41, 5.74) is 8.58. The number of carbonyl (C=O) groups excluding carboxylic acids is 1. The number of amides is 1. The predicted octanol–water partition coefficient (Wildman–Crippen LogP) is 4.25. The van der Waals surface area contributed by atoms with Gasteiger partial charge >= 0.3 is 0 Å². The molecule has 1 N–H and O–H groups in total. The molecular formula is C26H24N6O. The van der Waals surface area contributed by atoms with Crippen LogP contribution in [-0.2, 0) is 13.0 Å². The third-order valence-corrected chi connectivity index (χ3v) is 5.76. The summed E-state index contributed by atoms with van der Waals surface area (Å²) in [5, 5.41) is 17.2. The number of hydrogen-bond donors (Lipinski definition) is 1. The van der Waals surface area contributed by atoms with Crippen molar-refractivity contribution in [2.75, 3.05) is 0 Å². The molecule has 0 fully saturated rings. The molecule has 7 nitrogen and oxygen atoms in total. The maximum absolute atomic E-state index is 12.7. The van der Waals surface area contributed by atoms with Crippen molar-refractivity contribution in [1.82, 2.24) is 25.6 Å². The highest BCUT2D eigenvalue weighted by atomic mass is 16.2. The van der Waals surface area contributed by atoms with Crippen LogP contribution in [0.25, 0.3) is 11.4 Å². The first-order valence-electron chi connectivity index (χ1n) is 11.1. The van der Waals surface area contributed by atoms with E-state index in [1.54, 1.807) is 16.9 Å². The molecular weight excluding hydrogens is 412 g/mol. The average molecular weight is 437 g/mol. The summed E-state index contributed by atoms with van der Waals surface area (Å²) in [5.74, 6) is 0.367. The van der Waals surface area contributed by atoms with Crippen LogP contribution in [0.4, 0.5) is 0 Å². The lowest BCUT2D eigenvalue weighted by molar-refractivity contribution is 0.0954. The molecule has 164 valence electrons. The Morgan fingerprint density at radius 3 is 2.52 bits per heavy atom. The van der Waals surface area contributed by atoms with Gasteiger partial charge in [-0.05, 0) is 54.2 Å². The lowest BCUT2D eigenvalue weighted by atomic mass is 10.0. The van der Waals surface area contributed by atoms with E-state index in [1.165, 1.54) is 5.56 Å². The highest BCUT2D eigenvalue weighted by Crippen LogP contribution is 2.21. The number of aryl methyl sites for hydroxylation is 1. The minimum atomic E-state index is -0.221. The van der Waals surface area contributed by atoms with E-state index in [-0.39, 0.29) is 5.91 Å². The van der Waals surface area contributed by atoms with E-state index in [0.717, 1.165) is 48.1 Å². The monoisotopic (exact) mass is 436 g/mol. The highest BCUT2D eigenvalue weighted by molar-refractivity contribution is 6.03. The number of nitrogens with zero attached hydrogens (tertiary/aromatic N) is 5. The zero-order valence-electron chi connectivity index (χ0n) is 18.2. The van der Waals surface area contributed by atoms with Gasteiger partial charge in [-0.3, -0.25) is 4.79 Å². The van der Waals surface area contributed by atoms with Gasteiger partial charge < -0.3 is 0 Å². The van der Waals surface area contributed by atoms with Gasteiger partial charge in [0.25, 0.3) is 5.91 Å². The van der Waals surface area contributed by atoms with E-state index >= 15 is 0 Å². The van der Waals surface area contributed by atoms with Gasteiger partial charge in [0, 0.05) is 16.7 Å². The van der Waals surface area contributed by atoms with Crippen molar-refractivity contribution in [3.05, 3.63) is 101 Å². The van der Waals surface area contributed by atoms with Crippen LogP contribution in [0.2, 0.25) is 0 Å². The number of tetrazole rings is 1. The van der Waals surface area contributed by atoms with E-state index in [2.05, 4.69) is 44.1 Å². The number of carbonyl (C=O) groups is 1. The molecule has 5 rings (SSSR count). The van der Waals surface area contributed by atoms with Crippen LogP contribution >= 0.6 is 0 Å². The molecule has 0 saturated heterocycles. The number of benzene rings is 3. The fourth-order valence-electron chi connectivity index (χ4n) is 4.00. The van der Waals surface area contributed by atoms with Crippen LogP contribution in [0.15, 0.2) is 84.0 Å². The largest absolute Gasteiger partial charge is 0.271 e. The normalized spacial score (nSPS) is 14.5. The summed E-state index contributed by atoms with van der Waals surface area (Å²) >= 11 is 0. The van der Waals surface area contributed by atoms with Gasteiger partial charge in [-0.1, -0.05) is 66.7 Å². The smallest absolute Gasteiger partial charge is 0.267 e. The first kappa shape index (κ1) is 20.8. The Kier molecular flexibility index (Phi) is 6.01. The number of nitrogens with one attached hydrogen (secondary N) is 1. The molecule has 1 amide bonds. The van der Waals surface area contributed by atoms with Crippen LogP contribution in [0.3, 0.4) is 0 Å². The fourth-order valence-corrected chi connectivity index (χ4v) is 4.00. The quantitative estimate of drug-likeness (QED) is 0.374. The number of hydrogen-bond acceptors (Lipinski definition) is 5. The summed E-state index contributed by atoms with van der Waals surface area (Å²) in [7, 11) is 0. The van der Waals surface area contributed by atoms with Gasteiger partial charge in [0.15, 0.2) is 0 Å². The van der Waals surface area contributed by atoms with Gasteiger partial charge in [0.2, 0.25) is 5.82 Å². The van der Waals surface area contributed by atoms with Crippen LogP contribution in [-0.4, -0.2) is 31.8 Å². The third kappa shape index (κ3) is 4.87. The molecule has 1 aromatic heterocycles.